The molecule has 4 N–H and O–H groups in total. The van der Waals surface area contributed by atoms with Crippen LogP contribution < -0.4 is 21.3 Å². The molecular weight excluding hydrogens is 358 g/mol. The molecule has 2 saturated heterocycles. The van der Waals surface area contributed by atoms with E-state index in [1.165, 1.54) is 0 Å². The summed E-state index contributed by atoms with van der Waals surface area (Å²) in [5.74, 6) is -0.505. The Balaban J connectivity index is 0.00000243. The number of nitrogens with two attached hydrogens (primary N) is 1. The van der Waals surface area contributed by atoms with Crippen molar-refractivity contribution < 1.29 is 14.4 Å². The molecule has 0 aliphatic carbocycles. The van der Waals surface area contributed by atoms with E-state index in [4.69, 9.17) is 5.73 Å². The normalized spacial score (nSPS) is 20.3. The zero-order chi connectivity index (χ0) is 17.8. The lowest BCUT2D eigenvalue weighted by molar-refractivity contribution is -0.133. The number of anilines is 2. The number of piperidine rings is 1. The van der Waals surface area contributed by atoms with Gasteiger partial charge in [0, 0.05) is 44.0 Å². The number of halogens is 1. The maximum absolute atomic E-state index is 11.8. The number of imide groups is 1. The molecule has 3 rings (SSSR count). The van der Waals surface area contributed by atoms with E-state index in [2.05, 4.69) is 15.5 Å². The monoisotopic (exact) mass is 381 g/mol. The van der Waals surface area contributed by atoms with E-state index in [9.17, 15) is 14.4 Å². The summed E-state index contributed by atoms with van der Waals surface area (Å²) in [6.45, 7) is 2.94. The summed E-state index contributed by atoms with van der Waals surface area (Å²) in [5.41, 5.74) is 7.32. The molecule has 3 amide bonds. The third-order valence-electron chi connectivity index (χ3n) is 4.62. The smallest absolute Gasteiger partial charge is 0.249 e. The number of carbonyl (C=O) groups is 3. The van der Waals surface area contributed by atoms with Gasteiger partial charge in [-0.1, -0.05) is 0 Å². The lowest BCUT2D eigenvalue weighted by Gasteiger charge is -2.36. The molecular formula is C17H24ClN5O3. The van der Waals surface area contributed by atoms with E-state index < -0.39 is 0 Å². The Hall–Kier alpha value is -2.32. The van der Waals surface area contributed by atoms with Gasteiger partial charge in [-0.05, 0) is 30.7 Å². The van der Waals surface area contributed by atoms with Gasteiger partial charge in [-0.15, -0.1) is 12.4 Å². The number of hydrogen-bond acceptors (Lipinski definition) is 6. The molecule has 8 nitrogen and oxygen atoms in total. The predicted molar refractivity (Wildman–Crippen MR) is 101 cm³/mol. The first-order valence-corrected chi connectivity index (χ1v) is 8.50. The molecule has 2 heterocycles. The number of piperazine rings is 1. The van der Waals surface area contributed by atoms with Crippen molar-refractivity contribution in [1.29, 1.82) is 0 Å². The molecule has 0 aromatic heterocycles. The fourth-order valence-corrected chi connectivity index (χ4v) is 3.14. The fourth-order valence-electron chi connectivity index (χ4n) is 3.14. The van der Waals surface area contributed by atoms with Crippen LogP contribution in [0.2, 0.25) is 0 Å². The minimum absolute atomic E-state index is 0. The Bertz CT molecular complexity index is 659. The number of amides is 3. The molecule has 2 aliphatic rings. The summed E-state index contributed by atoms with van der Waals surface area (Å²) in [6.07, 6.45) is 0.858. The van der Waals surface area contributed by atoms with Crippen molar-refractivity contribution in [3.8, 4) is 0 Å². The highest BCUT2D eigenvalue weighted by Crippen LogP contribution is 2.21. The first kappa shape index (κ1) is 20.0. The van der Waals surface area contributed by atoms with Gasteiger partial charge in [0.25, 0.3) is 0 Å². The highest BCUT2D eigenvalue weighted by Gasteiger charge is 2.26. The summed E-state index contributed by atoms with van der Waals surface area (Å²) in [4.78, 5) is 38.6. The molecule has 1 atom stereocenters. The molecule has 2 aliphatic heterocycles. The first-order valence-electron chi connectivity index (χ1n) is 8.50. The first-order chi connectivity index (χ1) is 12.1. The largest absolute Gasteiger partial charge is 0.374 e. The summed E-state index contributed by atoms with van der Waals surface area (Å²) in [6, 6.07) is 7.46. The van der Waals surface area contributed by atoms with Crippen LogP contribution in [0.15, 0.2) is 24.3 Å². The fraction of sp³-hybridized carbons (Fsp3) is 0.471. The van der Waals surface area contributed by atoms with Gasteiger partial charge in [0.2, 0.25) is 17.7 Å². The van der Waals surface area contributed by atoms with Crippen LogP contribution >= 0.6 is 12.4 Å². The van der Waals surface area contributed by atoms with Gasteiger partial charge in [-0.3, -0.25) is 19.7 Å². The number of carbonyl (C=O) groups excluding carboxylic acids is 3. The van der Waals surface area contributed by atoms with E-state index >= 15 is 0 Å². The zero-order valence-electron chi connectivity index (χ0n) is 14.4. The molecule has 0 spiro atoms. The standard InChI is InChI=1S/C17H23N5O3.ClH/c18-11-16(24)22-9-7-21(8-10-22)13-3-1-12(2-4-13)19-14-5-6-15(23)20-17(14)25;/h1-4,14,19H,5-11,18H2,(H,20,23,25);1H. The van der Waals surface area contributed by atoms with Crippen LogP contribution in [0.3, 0.4) is 0 Å². The minimum Gasteiger partial charge on any atom is -0.374 e. The van der Waals surface area contributed by atoms with Gasteiger partial charge >= 0.3 is 0 Å². The van der Waals surface area contributed by atoms with Crippen LogP contribution in [0.1, 0.15) is 12.8 Å². The average molecular weight is 382 g/mol. The van der Waals surface area contributed by atoms with Crippen LogP contribution in [-0.2, 0) is 14.4 Å². The van der Waals surface area contributed by atoms with Crippen molar-refractivity contribution in [2.24, 2.45) is 5.73 Å². The molecule has 142 valence electrons. The molecule has 1 unspecified atom stereocenters. The Kier molecular flexibility index (Phi) is 6.82. The molecule has 0 bridgehead atoms. The van der Waals surface area contributed by atoms with E-state index in [0.29, 0.717) is 25.9 Å². The Labute approximate surface area is 158 Å². The van der Waals surface area contributed by atoms with Crippen LogP contribution in [0, 0.1) is 0 Å². The van der Waals surface area contributed by atoms with Gasteiger partial charge in [0.15, 0.2) is 0 Å². The van der Waals surface area contributed by atoms with Crippen LogP contribution in [0.25, 0.3) is 0 Å². The summed E-state index contributed by atoms with van der Waals surface area (Å²) in [7, 11) is 0. The highest BCUT2D eigenvalue weighted by atomic mass is 35.5. The van der Waals surface area contributed by atoms with Crippen molar-refractivity contribution in [2.45, 2.75) is 18.9 Å². The Morgan fingerprint density at radius 3 is 2.38 bits per heavy atom. The summed E-state index contributed by atoms with van der Waals surface area (Å²) >= 11 is 0. The SMILES string of the molecule is Cl.NCC(=O)N1CCN(c2ccc(NC3CCC(=O)NC3=O)cc2)CC1. The highest BCUT2D eigenvalue weighted by molar-refractivity contribution is 6.01. The van der Waals surface area contributed by atoms with E-state index in [1.807, 2.05) is 24.3 Å². The number of rotatable bonds is 4. The van der Waals surface area contributed by atoms with E-state index in [-0.39, 0.29) is 42.7 Å². The molecule has 0 saturated carbocycles. The molecule has 2 fully saturated rings. The molecule has 9 heteroatoms. The maximum atomic E-state index is 11.8. The Morgan fingerprint density at radius 2 is 1.81 bits per heavy atom. The molecule has 0 radical (unpaired) electrons. The molecule has 26 heavy (non-hydrogen) atoms. The quantitative estimate of drug-likeness (QED) is 0.630. The predicted octanol–water partition coefficient (Wildman–Crippen LogP) is -0.0672. The third kappa shape index (κ3) is 4.64. The topological polar surface area (TPSA) is 108 Å². The van der Waals surface area contributed by atoms with Gasteiger partial charge in [0.1, 0.15) is 6.04 Å². The van der Waals surface area contributed by atoms with Gasteiger partial charge in [0.05, 0.1) is 6.54 Å². The van der Waals surface area contributed by atoms with Crippen LogP contribution in [0.4, 0.5) is 11.4 Å². The summed E-state index contributed by atoms with van der Waals surface area (Å²) < 4.78 is 0. The lowest BCUT2D eigenvalue weighted by atomic mass is 10.1. The Morgan fingerprint density at radius 1 is 1.15 bits per heavy atom. The minimum atomic E-state index is -0.380. The molecule has 1 aromatic carbocycles. The second kappa shape index (κ2) is 8.86. The van der Waals surface area contributed by atoms with Crippen molar-refractivity contribution >= 4 is 41.5 Å². The maximum Gasteiger partial charge on any atom is 0.249 e. The second-order valence-corrected chi connectivity index (χ2v) is 6.27. The summed E-state index contributed by atoms with van der Waals surface area (Å²) in [5, 5.41) is 5.50. The van der Waals surface area contributed by atoms with Crippen molar-refractivity contribution in [1.82, 2.24) is 10.2 Å². The van der Waals surface area contributed by atoms with Gasteiger partial charge in [-0.25, -0.2) is 0 Å². The van der Waals surface area contributed by atoms with Crippen molar-refractivity contribution in [2.75, 3.05) is 42.9 Å². The molecule has 1 aromatic rings. The second-order valence-electron chi connectivity index (χ2n) is 6.27. The lowest BCUT2D eigenvalue weighted by Crippen LogP contribution is -2.50. The third-order valence-corrected chi connectivity index (χ3v) is 4.62. The van der Waals surface area contributed by atoms with E-state index in [1.54, 1.807) is 4.90 Å². The van der Waals surface area contributed by atoms with Crippen molar-refractivity contribution in [3.63, 3.8) is 0 Å². The van der Waals surface area contributed by atoms with E-state index in [0.717, 1.165) is 24.5 Å². The number of nitrogens with zero attached hydrogens (tertiary/aromatic N) is 2. The van der Waals surface area contributed by atoms with Crippen LogP contribution in [-0.4, -0.2) is 61.4 Å². The van der Waals surface area contributed by atoms with Crippen molar-refractivity contribution in [3.05, 3.63) is 24.3 Å². The van der Waals surface area contributed by atoms with Crippen LogP contribution in [0.5, 0.6) is 0 Å². The number of benzene rings is 1. The van der Waals surface area contributed by atoms with Gasteiger partial charge < -0.3 is 20.9 Å². The number of hydrogen-bond donors (Lipinski definition) is 3. The zero-order valence-corrected chi connectivity index (χ0v) is 15.3. The number of nitrogens with one attached hydrogen (secondary N) is 2. The average Bonchev–Trinajstić information content (AvgIpc) is 2.64. The van der Waals surface area contributed by atoms with Gasteiger partial charge in [-0.2, -0.15) is 0 Å².